The van der Waals surface area contributed by atoms with Gasteiger partial charge in [0, 0.05) is 0 Å². The number of aryl methyl sites for hydroxylation is 1. The monoisotopic (exact) mass is 236 g/mol. The molecule has 0 aliphatic carbocycles. The number of unbranched alkanes of at least 4 members (excludes halogenated alkanes) is 1. The molecule has 0 saturated heterocycles. The number of hydrogen-bond donors (Lipinski definition) is 0. The first-order valence-corrected chi connectivity index (χ1v) is 5.52. The van der Waals surface area contributed by atoms with Gasteiger partial charge in [0.05, 0.1) is 6.54 Å². The Balaban J connectivity index is 0.00000128. The second-order valence-corrected chi connectivity index (χ2v) is 3.75. The summed E-state index contributed by atoms with van der Waals surface area (Å²) in [5.74, 6) is 0. The van der Waals surface area contributed by atoms with Gasteiger partial charge in [-0.25, -0.2) is 9.13 Å². The van der Waals surface area contributed by atoms with Gasteiger partial charge in [-0.1, -0.05) is 31.5 Å². The first-order chi connectivity index (χ1) is 7.40. The summed E-state index contributed by atoms with van der Waals surface area (Å²) >= 11 is 0. The molecule has 0 aliphatic heterocycles. The molecule has 0 bridgehead atoms. The maximum atomic E-state index is 2.23. The van der Waals surface area contributed by atoms with E-state index in [4.69, 9.17) is 0 Å². The standard InChI is InChI=1S/C13H17N2.ClH/c1-2-3-9-14-10-11-15(12-14)13-7-5-4-6-8-13;/h4-8,10-12H,2-3,9H2,1H3;1H/q+1;/p-1. The summed E-state index contributed by atoms with van der Waals surface area (Å²) in [4.78, 5) is 0. The van der Waals surface area contributed by atoms with E-state index in [-0.39, 0.29) is 12.4 Å². The highest BCUT2D eigenvalue weighted by Gasteiger charge is 2.04. The summed E-state index contributed by atoms with van der Waals surface area (Å²) in [6.45, 7) is 3.32. The van der Waals surface area contributed by atoms with Crippen molar-refractivity contribution in [3.05, 3.63) is 49.1 Å². The van der Waals surface area contributed by atoms with Gasteiger partial charge in [-0.2, -0.15) is 0 Å². The van der Waals surface area contributed by atoms with Gasteiger partial charge in [-0.15, -0.1) is 0 Å². The molecule has 1 heterocycles. The van der Waals surface area contributed by atoms with Crippen LogP contribution in [0.3, 0.4) is 0 Å². The van der Waals surface area contributed by atoms with Crippen LogP contribution < -0.4 is 17.0 Å². The summed E-state index contributed by atoms with van der Waals surface area (Å²) in [6, 6.07) is 10.4. The number of hydrogen-bond acceptors (Lipinski definition) is 0. The van der Waals surface area contributed by atoms with E-state index in [9.17, 15) is 0 Å². The molecule has 0 radical (unpaired) electrons. The Hall–Kier alpha value is -1.28. The lowest BCUT2D eigenvalue weighted by Crippen LogP contribution is -3.00. The number of aromatic nitrogens is 2. The quantitative estimate of drug-likeness (QED) is 0.638. The van der Waals surface area contributed by atoms with Gasteiger partial charge in [0.25, 0.3) is 0 Å². The molecule has 0 N–H and O–H groups in total. The number of para-hydroxylation sites is 1. The van der Waals surface area contributed by atoms with Crippen molar-refractivity contribution >= 4 is 0 Å². The number of nitrogens with zero attached hydrogens (tertiary/aromatic N) is 2. The first-order valence-electron chi connectivity index (χ1n) is 5.52. The molecular formula is C13H17ClN2. The van der Waals surface area contributed by atoms with Crippen LogP contribution in [0.15, 0.2) is 49.1 Å². The highest BCUT2D eigenvalue weighted by atomic mass is 35.5. The number of halogens is 1. The van der Waals surface area contributed by atoms with E-state index < -0.39 is 0 Å². The maximum absolute atomic E-state index is 2.23. The van der Waals surface area contributed by atoms with Crippen molar-refractivity contribution in [3.8, 4) is 5.69 Å². The third kappa shape index (κ3) is 3.11. The summed E-state index contributed by atoms with van der Waals surface area (Å²) in [6.07, 6.45) is 8.85. The zero-order valence-electron chi connectivity index (χ0n) is 9.51. The van der Waals surface area contributed by atoms with Gasteiger partial charge in [0.1, 0.15) is 18.1 Å². The number of rotatable bonds is 4. The van der Waals surface area contributed by atoms with Crippen LogP contribution >= 0.6 is 0 Å². The molecule has 2 nitrogen and oxygen atoms in total. The fourth-order valence-corrected chi connectivity index (χ4v) is 1.62. The SMILES string of the molecule is CCCC[n+]1ccn(-c2ccccc2)c1.[Cl-]. The average molecular weight is 237 g/mol. The van der Waals surface area contributed by atoms with E-state index in [2.05, 4.69) is 59.0 Å². The summed E-state index contributed by atoms with van der Waals surface area (Å²) in [7, 11) is 0. The highest BCUT2D eigenvalue weighted by molar-refractivity contribution is 5.30. The molecule has 1 aromatic carbocycles. The second-order valence-electron chi connectivity index (χ2n) is 3.75. The lowest BCUT2D eigenvalue weighted by molar-refractivity contribution is -0.696. The summed E-state index contributed by atoms with van der Waals surface area (Å²) < 4.78 is 4.38. The van der Waals surface area contributed by atoms with Crippen molar-refractivity contribution in [2.24, 2.45) is 0 Å². The Labute approximate surface area is 103 Å². The molecule has 0 unspecified atom stereocenters. The lowest BCUT2D eigenvalue weighted by Gasteiger charge is -1.94. The van der Waals surface area contributed by atoms with Gasteiger partial charge in [0.15, 0.2) is 0 Å². The normalized spacial score (nSPS) is 9.81. The van der Waals surface area contributed by atoms with E-state index in [1.54, 1.807) is 0 Å². The largest absolute Gasteiger partial charge is 1.00 e. The van der Waals surface area contributed by atoms with Gasteiger partial charge in [0.2, 0.25) is 6.33 Å². The summed E-state index contributed by atoms with van der Waals surface area (Å²) in [5.41, 5.74) is 1.22. The van der Waals surface area contributed by atoms with E-state index >= 15 is 0 Å². The smallest absolute Gasteiger partial charge is 0.248 e. The molecule has 0 atom stereocenters. The fourth-order valence-electron chi connectivity index (χ4n) is 1.62. The van der Waals surface area contributed by atoms with Crippen molar-refractivity contribution in [1.29, 1.82) is 0 Å². The van der Waals surface area contributed by atoms with Crippen molar-refractivity contribution in [1.82, 2.24) is 4.57 Å². The molecule has 16 heavy (non-hydrogen) atoms. The molecule has 2 rings (SSSR count). The molecule has 0 aliphatic rings. The highest BCUT2D eigenvalue weighted by Crippen LogP contribution is 2.04. The molecule has 0 spiro atoms. The zero-order chi connectivity index (χ0) is 10.5. The fraction of sp³-hybridized carbons (Fsp3) is 0.308. The van der Waals surface area contributed by atoms with Crippen LogP contribution in [0.4, 0.5) is 0 Å². The molecular weight excluding hydrogens is 220 g/mol. The summed E-state index contributed by atoms with van der Waals surface area (Å²) in [5, 5.41) is 0. The van der Waals surface area contributed by atoms with Crippen LogP contribution in [-0.4, -0.2) is 4.57 Å². The van der Waals surface area contributed by atoms with Crippen molar-refractivity contribution in [3.63, 3.8) is 0 Å². The van der Waals surface area contributed by atoms with Gasteiger partial charge in [-0.3, -0.25) is 0 Å². The van der Waals surface area contributed by atoms with Crippen LogP contribution in [0, 0.1) is 0 Å². The van der Waals surface area contributed by atoms with Crippen molar-refractivity contribution in [2.45, 2.75) is 26.3 Å². The molecule has 2 aromatic rings. The second kappa shape index (κ2) is 6.33. The topological polar surface area (TPSA) is 8.81 Å². The molecule has 86 valence electrons. The number of benzene rings is 1. The van der Waals surface area contributed by atoms with Crippen LogP contribution in [0.25, 0.3) is 5.69 Å². The lowest BCUT2D eigenvalue weighted by atomic mass is 10.3. The molecule has 0 amide bonds. The third-order valence-corrected chi connectivity index (χ3v) is 2.52. The minimum absolute atomic E-state index is 0. The molecule has 0 fully saturated rings. The predicted molar refractivity (Wildman–Crippen MR) is 60.9 cm³/mol. The minimum atomic E-state index is 0. The predicted octanol–water partition coefficient (Wildman–Crippen LogP) is -0.431. The van der Waals surface area contributed by atoms with Crippen LogP contribution in [0.2, 0.25) is 0 Å². The average Bonchev–Trinajstić information content (AvgIpc) is 2.76. The van der Waals surface area contributed by atoms with Gasteiger partial charge in [-0.05, 0) is 18.6 Å². The van der Waals surface area contributed by atoms with Crippen molar-refractivity contribution < 1.29 is 17.0 Å². The number of imidazole rings is 1. The van der Waals surface area contributed by atoms with E-state index in [0.29, 0.717) is 0 Å². The van der Waals surface area contributed by atoms with Gasteiger partial charge >= 0.3 is 0 Å². The zero-order valence-corrected chi connectivity index (χ0v) is 10.3. The molecule has 1 aromatic heterocycles. The van der Waals surface area contributed by atoms with Crippen LogP contribution in [0.5, 0.6) is 0 Å². The van der Waals surface area contributed by atoms with Crippen LogP contribution in [-0.2, 0) is 6.54 Å². The molecule has 0 saturated carbocycles. The Morgan fingerprint density at radius 3 is 2.62 bits per heavy atom. The van der Waals surface area contributed by atoms with E-state index in [1.807, 2.05) is 6.07 Å². The minimum Gasteiger partial charge on any atom is -1.00 e. The Bertz CT molecular complexity index is 409. The maximum Gasteiger partial charge on any atom is 0.248 e. The Kier molecular flexibility index (Phi) is 5.06. The third-order valence-electron chi connectivity index (χ3n) is 2.52. The van der Waals surface area contributed by atoms with Gasteiger partial charge < -0.3 is 12.4 Å². The van der Waals surface area contributed by atoms with E-state index in [0.717, 1.165) is 6.54 Å². The Morgan fingerprint density at radius 1 is 1.19 bits per heavy atom. The van der Waals surface area contributed by atoms with Crippen LogP contribution in [0.1, 0.15) is 19.8 Å². The molecule has 3 heteroatoms. The van der Waals surface area contributed by atoms with E-state index in [1.165, 1.54) is 18.5 Å². The first kappa shape index (κ1) is 12.8. The van der Waals surface area contributed by atoms with Crippen molar-refractivity contribution in [2.75, 3.05) is 0 Å². The Morgan fingerprint density at radius 2 is 1.94 bits per heavy atom.